The van der Waals surface area contributed by atoms with Crippen LogP contribution in [0.1, 0.15) is 38.3 Å². The van der Waals surface area contributed by atoms with E-state index in [0.717, 1.165) is 29.7 Å². The average Bonchev–Trinajstić information content (AvgIpc) is 2.88. The molecule has 0 bridgehead atoms. The summed E-state index contributed by atoms with van der Waals surface area (Å²) >= 11 is 3.48. The molecule has 2 atom stereocenters. The van der Waals surface area contributed by atoms with Crippen LogP contribution in [0.25, 0.3) is 0 Å². The van der Waals surface area contributed by atoms with E-state index in [1.165, 1.54) is 18.9 Å². The predicted molar refractivity (Wildman–Crippen MR) is 80.8 cm³/mol. The van der Waals surface area contributed by atoms with Gasteiger partial charge in [0.25, 0.3) is 0 Å². The van der Waals surface area contributed by atoms with Crippen LogP contribution in [0.5, 0.6) is 0 Å². The Labute approximate surface area is 123 Å². The van der Waals surface area contributed by atoms with Crippen molar-refractivity contribution in [1.29, 1.82) is 0 Å². The van der Waals surface area contributed by atoms with Gasteiger partial charge in [-0.1, -0.05) is 28.9 Å². The molecule has 0 spiro atoms. The number of nitrogens with zero attached hydrogens (tertiary/aromatic N) is 1. The molecule has 0 aromatic heterocycles. The molecule has 0 radical (unpaired) electrons. The lowest BCUT2D eigenvalue weighted by Crippen LogP contribution is -2.38. The summed E-state index contributed by atoms with van der Waals surface area (Å²) in [5.41, 5.74) is 1.15. The van der Waals surface area contributed by atoms with Gasteiger partial charge in [0, 0.05) is 23.1 Å². The summed E-state index contributed by atoms with van der Waals surface area (Å²) in [6.07, 6.45) is 2.53. The second kappa shape index (κ2) is 6.82. The van der Waals surface area contributed by atoms with E-state index >= 15 is 0 Å². The third-order valence-electron chi connectivity index (χ3n) is 3.98. The molecular weight excluding hydrogens is 307 g/mol. The number of nitrogens with one attached hydrogen (secondary N) is 1. The largest absolute Gasteiger partial charge is 0.313 e. The fourth-order valence-electron chi connectivity index (χ4n) is 2.79. The zero-order valence-corrected chi connectivity index (χ0v) is 13.2. The van der Waals surface area contributed by atoms with Gasteiger partial charge in [0.15, 0.2) is 0 Å². The normalized spacial score (nSPS) is 21.0. The van der Waals surface area contributed by atoms with Crippen molar-refractivity contribution in [2.24, 2.45) is 0 Å². The Morgan fingerprint density at radius 3 is 2.89 bits per heavy atom. The summed E-state index contributed by atoms with van der Waals surface area (Å²) in [5.74, 6) is -0.191. The van der Waals surface area contributed by atoms with E-state index in [1.54, 1.807) is 6.07 Å². The highest BCUT2D eigenvalue weighted by molar-refractivity contribution is 9.10. The molecule has 1 aliphatic heterocycles. The molecule has 1 saturated heterocycles. The van der Waals surface area contributed by atoms with Gasteiger partial charge >= 0.3 is 0 Å². The van der Waals surface area contributed by atoms with Gasteiger partial charge in [-0.2, -0.15) is 0 Å². The SMILES string of the molecule is CCN(CC1CCCN1)C(C)c1ccc(F)cc1Br. The Morgan fingerprint density at radius 2 is 2.32 bits per heavy atom. The van der Waals surface area contributed by atoms with Gasteiger partial charge in [-0.15, -0.1) is 0 Å². The minimum Gasteiger partial charge on any atom is -0.313 e. The fourth-order valence-corrected chi connectivity index (χ4v) is 3.48. The van der Waals surface area contributed by atoms with E-state index in [9.17, 15) is 4.39 Å². The molecule has 1 aliphatic rings. The maximum absolute atomic E-state index is 13.2. The van der Waals surface area contributed by atoms with Crippen LogP contribution in [-0.4, -0.2) is 30.6 Å². The van der Waals surface area contributed by atoms with E-state index in [4.69, 9.17) is 0 Å². The maximum Gasteiger partial charge on any atom is 0.124 e. The van der Waals surface area contributed by atoms with Crippen LogP contribution in [0, 0.1) is 5.82 Å². The number of benzene rings is 1. The van der Waals surface area contributed by atoms with Crippen molar-refractivity contribution < 1.29 is 4.39 Å². The molecule has 0 saturated carbocycles. The Kier molecular flexibility index (Phi) is 5.37. The Hall–Kier alpha value is -0.450. The Balaban J connectivity index is 2.08. The topological polar surface area (TPSA) is 15.3 Å². The molecule has 2 unspecified atom stereocenters. The lowest BCUT2D eigenvalue weighted by molar-refractivity contribution is 0.202. The van der Waals surface area contributed by atoms with E-state index in [0.29, 0.717) is 12.1 Å². The molecule has 2 rings (SSSR count). The van der Waals surface area contributed by atoms with Gasteiger partial charge in [-0.25, -0.2) is 4.39 Å². The summed E-state index contributed by atoms with van der Waals surface area (Å²) in [4.78, 5) is 2.45. The van der Waals surface area contributed by atoms with Crippen LogP contribution in [0.3, 0.4) is 0 Å². The zero-order chi connectivity index (χ0) is 13.8. The summed E-state index contributed by atoms with van der Waals surface area (Å²) in [5, 5.41) is 3.54. The molecule has 1 N–H and O–H groups in total. The zero-order valence-electron chi connectivity index (χ0n) is 11.6. The first-order chi connectivity index (χ1) is 9.11. The second-order valence-corrected chi connectivity index (χ2v) is 6.08. The molecule has 106 valence electrons. The third-order valence-corrected chi connectivity index (χ3v) is 4.67. The minimum atomic E-state index is -0.191. The summed E-state index contributed by atoms with van der Waals surface area (Å²) < 4.78 is 14.0. The number of rotatable bonds is 5. The first-order valence-electron chi connectivity index (χ1n) is 7.04. The smallest absolute Gasteiger partial charge is 0.124 e. The van der Waals surface area contributed by atoms with Crippen molar-refractivity contribution in [3.63, 3.8) is 0 Å². The van der Waals surface area contributed by atoms with E-state index in [-0.39, 0.29) is 5.82 Å². The number of likely N-dealkylation sites (N-methyl/N-ethyl adjacent to an activating group) is 1. The summed E-state index contributed by atoms with van der Waals surface area (Å²) in [6.45, 7) is 7.57. The molecule has 1 aromatic carbocycles. The molecule has 4 heteroatoms. The van der Waals surface area contributed by atoms with Crippen LogP contribution in [0.4, 0.5) is 4.39 Å². The van der Waals surface area contributed by atoms with Crippen molar-refractivity contribution in [3.8, 4) is 0 Å². The van der Waals surface area contributed by atoms with Gasteiger partial charge in [0.2, 0.25) is 0 Å². The molecule has 0 amide bonds. The summed E-state index contributed by atoms with van der Waals surface area (Å²) in [6, 6.07) is 5.87. The minimum absolute atomic E-state index is 0.191. The lowest BCUT2D eigenvalue weighted by atomic mass is 10.1. The van der Waals surface area contributed by atoms with Crippen LogP contribution in [0.2, 0.25) is 0 Å². The predicted octanol–water partition coefficient (Wildman–Crippen LogP) is 3.72. The van der Waals surface area contributed by atoms with Gasteiger partial charge < -0.3 is 5.32 Å². The van der Waals surface area contributed by atoms with Gasteiger partial charge in [0.05, 0.1) is 0 Å². The maximum atomic E-state index is 13.2. The van der Waals surface area contributed by atoms with Crippen molar-refractivity contribution in [1.82, 2.24) is 10.2 Å². The molecule has 1 fully saturated rings. The first kappa shape index (κ1) is 14.9. The highest BCUT2D eigenvalue weighted by Gasteiger charge is 2.22. The van der Waals surface area contributed by atoms with Crippen molar-refractivity contribution in [2.45, 2.75) is 38.8 Å². The summed E-state index contributed by atoms with van der Waals surface area (Å²) in [7, 11) is 0. The molecule has 2 nitrogen and oxygen atoms in total. The molecule has 0 aliphatic carbocycles. The van der Waals surface area contributed by atoms with Crippen molar-refractivity contribution in [3.05, 3.63) is 34.1 Å². The third kappa shape index (κ3) is 3.77. The van der Waals surface area contributed by atoms with Gasteiger partial charge in [0.1, 0.15) is 5.82 Å². The molecule has 19 heavy (non-hydrogen) atoms. The molecule has 1 heterocycles. The average molecular weight is 329 g/mol. The molecule has 1 aromatic rings. The standard InChI is InChI=1S/C15H22BrFN2/c1-3-19(10-13-5-4-8-18-13)11(2)14-7-6-12(17)9-15(14)16/h6-7,9,11,13,18H,3-5,8,10H2,1-2H3. The molecular formula is C15H22BrFN2. The highest BCUT2D eigenvalue weighted by Crippen LogP contribution is 2.28. The fraction of sp³-hybridized carbons (Fsp3) is 0.600. The van der Waals surface area contributed by atoms with Crippen LogP contribution < -0.4 is 5.32 Å². The quantitative estimate of drug-likeness (QED) is 0.886. The highest BCUT2D eigenvalue weighted by atomic mass is 79.9. The van der Waals surface area contributed by atoms with Gasteiger partial charge in [-0.05, 0) is 50.6 Å². The van der Waals surface area contributed by atoms with Crippen LogP contribution >= 0.6 is 15.9 Å². The van der Waals surface area contributed by atoms with E-state index in [2.05, 4.69) is 40.0 Å². The van der Waals surface area contributed by atoms with Crippen LogP contribution in [-0.2, 0) is 0 Å². The van der Waals surface area contributed by atoms with Crippen LogP contribution in [0.15, 0.2) is 22.7 Å². The second-order valence-electron chi connectivity index (χ2n) is 5.22. The monoisotopic (exact) mass is 328 g/mol. The number of halogens is 2. The number of hydrogen-bond donors (Lipinski definition) is 1. The van der Waals surface area contributed by atoms with Crippen molar-refractivity contribution in [2.75, 3.05) is 19.6 Å². The number of hydrogen-bond acceptors (Lipinski definition) is 2. The van der Waals surface area contributed by atoms with E-state index in [1.807, 2.05) is 6.07 Å². The lowest BCUT2D eigenvalue weighted by Gasteiger charge is -2.31. The van der Waals surface area contributed by atoms with Gasteiger partial charge in [-0.3, -0.25) is 4.90 Å². The Morgan fingerprint density at radius 1 is 1.53 bits per heavy atom. The first-order valence-corrected chi connectivity index (χ1v) is 7.83. The van der Waals surface area contributed by atoms with Crippen molar-refractivity contribution >= 4 is 15.9 Å². The Bertz CT molecular complexity index is 419. The van der Waals surface area contributed by atoms with E-state index < -0.39 is 0 Å².